The van der Waals surface area contributed by atoms with Gasteiger partial charge in [-0.1, -0.05) is 110 Å². The number of aliphatic hydroxyl groups excluding tert-OH is 4. The van der Waals surface area contributed by atoms with E-state index in [1.807, 2.05) is 10.6 Å². The number of aliphatic carboxylic acids is 1. The number of alkyl carbamates (subject to hydrolysis) is 1. The zero-order valence-electron chi connectivity index (χ0n) is 61.9. The number of alkyl halides is 3. The van der Waals surface area contributed by atoms with Crippen LogP contribution in [-0.4, -0.2) is 225 Å². The van der Waals surface area contributed by atoms with E-state index in [0.29, 0.717) is 0 Å². The van der Waals surface area contributed by atoms with Crippen LogP contribution in [0, 0.1) is 29.5 Å². The molecule has 3 rings (SSSR count). The molecule has 1 aliphatic heterocycles. The predicted molar refractivity (Wildman–Crippen MR) is 376 cm³/mol. The van der Waals surface area contributed by atoms with Crippen LogP contribution in [0.1, 0.15) is 132 Å². The third-order valence-electron chi connectivity index (χ3n) is 16.0. The van der Waals surface area contributed by atoms with Gasteiger partial charge in [-0.3, -0.25) is 57.7 Å². The highest BCUT2D eigenvalue weighted by Gasteiger charge is 2.45. The maximum atomic E-state index is 15.6. The summed E-state index contributed by atoms with van der Waals surface area (Å²) in [5.74, 6) is -22.0. The van der Waals surface area contributed by atoms with Crippen LogP contribution in [-0.2, 0) is 78.2 Å². The molecular formula is C68H103F4N15O21. The zero-order valence-corrected chi connectivity index (χ0v) is 61.9. The number of hydrogen-bond acceptors (Lipinski definition) is 21. The van der Waals surface area contributed by atoms with Gasteiger partial charge >= 0.3 is 24.2 Å². The van der Waals surface area contributed by atoms with Crippen molar-refractivity contribution in [1.29, 1.82) is 0 Å². The SMILES string of the molecule is CC[C@H](C)C1NC(=O)[C@@H](CCCN=C(N)N)NC(=O)[C@H](CC(C)C)NC(=O)[C@H]([C@H](O)C(C)C)NC(=O)[C@@H](NC(=O)[C@H](CC(C)C)NC(=O)[C@@H](Cc2ccccc2F)NC(=O)OC(C)(C)C)[C@@H](c2ccccc2)OC(=O)[C@H](CO)NC(=O)[C@H]([C@H](O)C(N)=O)NC(=O)CNC(=O)C([C@H](C)O)NC1=O.O=C(O)C(F)(F)F. The molecule has 1 heterocycles. The lowest BCUT2D eigenvalue weighted by molar-refractivity contribution is -0.192. The van der Waals surface area contributed by atoms with Crippen molar-refractivity contribution in [3.8, 4) is 0 Å². The number of aliphatic imine (C=N–C) groups is 1. The number of primary amides is 1. The number of esters is 1. The Balaban J connectivity index is 0.00000537. The maximum Gasteiger partial charge on any atom is 0.490 e. The van der Waals surface area contributed by atoms with Crippen molar-refractivity contribution in [2.45, 2.75) is 218 Å². The number of carbonyl (C=O) groups excluding carboxylic acids is 13. The molecule has 36 nitrogen and oxygen atoms in total. The Kier molecular flexibility index (Phi) is 38.2. The second kappa shape index (κ2) is 44.1. The highest BCUT2D eigenvalue weighted by Crippen LogP contribution is 2.25. The fourth-order valence-corrected chi connectivity index (χ4v) is 10.2. The first-order valence-corrected chi connectivity index (χ1v) is 34.4. The third-order valence-corrected chi connectivity index (χ3v) is 16.0. The number of halogens is 4. The molecule has 0 saturated carbocycles. The van der Waals surface area contributed by atoms with E-state index >= 15 is 18.8 Å². The van der Waals surface area contributed by atoms with Gasteiger partial charge in [0.15, 0.2) is 24.2 Å². The number of amides is 12. The fourth-order valence-electron chi connectivity index (χ4n) is 10.2. The number of hydrogen-bond donors (Lipinski definition) is 19. The number of nitrogens with one attached hydrogen (secondary N) is 11. The molecule has 604 valence electrons. The lowest BCUT2D eigenvalue weighted by atomic mass is 9.95. The van der Waals surface area contributed by atoms with Gasteiger partial charge in [0.1, 0.15) is 65.8 Å². The van der Waals surface area contributed by atoms with Gasteiger partial charge in [-0.2, -0.15) is 13.2 Å². The summed E-state index contributed by atoms with van der Waals surface area (Å²) < 4.78 is 58.4. The standard InChI is InChI=1S/C66H102FN15O19.C2HF3O2/c1-13-34(8)45-59(94)80-46(35(9)84)58(93)72-29-44(85)78-48(51(87)53(68)88)61(96)76-43(30-83)63(98)100-52(36-20-15-14-16-21-36)49(82-57(92)41(27-32(4)5)74-56(91)42(77-65(99)101-66(10,11)12)28-37-22-17-18-23-38(37)67)62(97)81-47(50(86)33(6)7)60(95)75-40(26-31(2)3)55(90)73-39(54(89)79-45)24-19-25-71-64(69)70;3-2(4,5)1(6)7/h14-18,20-23,31-35,39-43,45-52,83-84,86-87H,13,19,24-30H2,1-12H3,(H2,68,88)(H,72,93)(H,73,90)(H,74,91)(H,75,95)(H,76,96)(H,77,99)(H,78,85)(H,79,89)(H,80,94)(H,81,97)(H,82,92)(H4,69,70,71);(H,6,7)/t34-,35-,39+,40-,41-,42+,43-,45?,46?,47-,48-,49-,50+,51-,52+;/m0./s1. The van der Waals surface area contributed by atoms with Gasteiger partial charge < -0.3 is 111 Å². The fraction of sp³-hybridized carbons (Fsp3) is 0.603. The first kappa shape index (κ1) is 93.7. The monoisotopic (exact) mass is 1540 g/mol. The smallest absolute Gasteiger partial charge is 0.475 e. The van der Waals surface area contributed by atoms with E-state index in [4.69, 9.17) is 36.6 Å². The second-order valence-corrected chi connectivity index (χ2v) is 27.6. The lowest BCUT2D eigenvalue weighted by Crippen LogP contribution is -2.64. The van der Waals surface area contributed by atoms with Gasteiger partial charge in [0.05, 0.1) is 25.4 Å². The number of aliphatic hydroxyl groups is 4. The van der Waals surface area contributed by atoms with Crippen molar-refractivity contribution in [3.05, 3.63) is 71.5 Å². The third kappa shape index (κ3) is 32.0. The van der Waals surface area contributed by atoms with Crippen molar-refractivity contribution >= 4 is 89.0 Å². The van der Waals surface area contributed by atoms with E-state index in [1.165, 1.54) is 62.4 Å². The van der Waals surface area contributed by atoms with Crippen LogP contribution < -0.4 is 75.7 Å². The quantitative estimate of drug-likeness (QED) is 0.0165. The molecule has 12 amide bonds. The lowest BCUT2D eigenvalue weighted by Gasteiger charge is -2.34. The largest absolute Gasteiger partial charge is 0.490 e. The van der Waals surface area contributed by atoms with Crippen molar-refractivity contribution < 1.29 is 120 Å². The Morgan fingerprint density at radius 1 is 0.657 bits per heavy atom. The molecule has 0 aromatic heterocycles. The maximum absolute atomic E-state index is 15.6. The number of carboxylic acid groups (broad SMARTS) is 1. The molecule has 15 atom stereocenters. The Bertz CT molecular complexity index is 3450. The molecule has 2 aromatic rings. The minimum Gasteiger partial charge on any atom is -0.475 e. The first-order valence-electron chi connectivity index (χ1n) is 34.4. The molecule has 0 spiro atoms. The summed E-state index contributed by atoms with van der Waals surface area (Å²) in [6.07, 6.45) is -15.5. The molecule has 2 unspecified atom stereocenters. The summed E-state index contributed by atoms with van der Waals surface area (Å²) >= 11 is 0. The van der Waals surface area contributed by atoms with Crippen molar-refractivity contribution in [2.24, 2.45) is 45.9 Å². The molecule has 0 radical (unpaired) electrons. The van der Waals surface area contributed by atoms with E-state index in [9.17, 15) is 81.5 Å². The molecule has 1 aliphatic rings. The van der Waals surface area contributed by atoms with Crippen LogP contribution in [0.3, 0.4) is 0 Å². The molecule has 1 fully saturated rings. The number of cyclic esters (lactones) is 1. The van der Waals surface area contributed by atoms with E-state index in [0.717, 1.165) is 13.0 Å². The Labute approximate surface area is 620 Å². The van der Waals surface area contributed by atoms with Gasteiger partial charge in [0.25, 0.3) is 0 Å². The number of rotatable bonds is 24. The summed E-state index contributed by atoms with van der Waals surface area (Å²) in [6.45, 7) is 15.9. The van der Waals surface area contributed by atoms with Gasteiger partial charge in [-0.25, -0.2) is 18.8 Å². The number of carbonyl (C=O) groups is 14. The summed E-state index contributed by atoms with van der Waals surface area (Å²) in [6, 6.07) is -6.99. The number of ether oxygens (including phenoxy) is 2. The molecule has 108 heavy (non-hydrogen) atoms. The molecule has 22 N–H and O–H groups in total. The van der Waals surface area contributed by atoms with Crippen molar-refractivity contribution in [3.63, 3.8) is 0 Å². The van der Waals surface area contributed by atoms with Gasteiger partial charge in [0.2, 0.25) is 65.0 Å². The van der Waals surface area contributed by atoms with Crippen LogP contribution in [0.2, 0.25) is 0 Å². The number of nitrogens with zero attached hydrogens (tertiary/aromatic N) is 1. The molecule has 40 heteroatoms. The van der Waals surface area contributed by atoms with E-state index in [1.54, 1.807) is 62.3 Å². The summed E-state index contributed by atoms with van der Waals surface area (Å²) in [5, 5.41) is 77.8. The average molecular weight is 1540 g/mol. The van der Waals surface area contributed by atoms with E-state index in [2.05, 4.69) is 52.8 Å². The van der Waals surface area contributed by atoms with Crippen molar-refractivity contribution in [1.82, 2.24) is 58.5 Å². The van der Waals surface area contributed by atoms with E-state index < -0.39 is 229 Å². The van der Waals surface area contributed by atoms with Gasteiger partial charge in [-0.15, -0.1) is 0 Å². The topological polar surface area (TPSA) is 581 Å². The molecule has 0 aliphatic carbocycles. The number of nitrogens with two attached hydrogens (primary N) is 3. The second-order valence-electron chi connectivity index (χ2n) is 27.6. The minimum atomic E-state index is -5.08. The highest BCUT2D eigenvalue weighted by molar-refractivity contribution is 6.00. The Morgan fingerprint density at radius 2 is 1.19 bits per heavy atom. The zero-order chi connectivity index (χ0) is 82.4. The van der Waals surface area contributed by atoms with Gasteiger partial charge in [-0.05, 0) is 94.2 Å². The van der Waals surface area contributed by atoms with Crippen LogP contribution in [0.5, 0.6) is 0 Å². The normalized spacial score (nSPS) is 22.5. The van der Waals surface area contributed by atoms with Crippen LogP contribution >= 0.6 is 0 Å². The molecular weight excluding hydrogens is 1440 g/mol. The Hall–Kier alpha value is -10.3. The van der Waals surface area contributed by atoms with Crippen molar-refractivity contribution in [2.75, 3.05) is 19.7 Å². The predicted octanol–water partition coefficient (Wildman–Crippen LogP) is -2.90. The average Bonchev–Trinajstić information content (AvgIpc) is 0.812. The summed E-state index contributed by atoms with van der Waals surface area (Å²) in [5.41, 5.74) is 15.2. The number of benzene rings is 2. The van der Waals surface area contributed by atoms with Crippen LogP contribution in [0.15, 0.2) is 59.6 Å². The summed E-state index contributed by atoms with van der Waals surface area (Å²) in [7, 11) is 0. The highest BCUT2D eigenvalue weighted by atomic mass is 19.4. The number of guanidine groups is 1. The minimum absolute atomic E-state index is 0.0145. The van der Waals surface area contributed by atoms with Gasteiger partial charge in [0, 0.05) is 13.0 Å². The molecule has 1 saturated heterocycles. The first-order chi connectivity index (χ1) is 50.1. The number of carboxylic acids is 1. The van der Waals surface area contributed by atoms with Crippen LogP contribution in [0.25, 0.3) is 0 Å². The van der Waals surface area contributed by atoms with Crippen LogP contribution in [0.4, 0.5) is 22.4 Å². The molecule has 0 bridgehead atoms. The Morgan fingerprint density at radius 3 is 1.71 bits per heavy atom. The summed E-state index contributed by atoms with van der Waals surface area (Å²) in [4.78, 5) is 199. The van der Waals surface area contributed by atoms with E-state index in [-0.39, 0.29) is 55.7 Å². The molecule has 2 aromatic carbocycles.